The van der Waals surface area contributed by atoms with Crippen molar-refractivity contribution in [2.24, 2.45) is 39.4 Å². The van der Waals surface area contributed by atoms with E-state index in [-0.39, 0.29) is 45.2 Å². The second kappa shape index (κ2) is 8.14. The molecule has 0 aromatic rings. The quantitative estimate of drug-likeness (QED) is 0.304. The van der Waals surface area contributed by atoms with Gasteiger partial charge in [0.1, 0.15) is 17.0 Å². The number of esters is 1. The Balaban J connectivity index is 1.44. The number of ketones is 1. The van der Waals surface area contributed by atoms with E-state index in [1.54, 1.807) is 13.0 Å². The highest BCUT2D eigenvalue weighted by atomic mass is 16.6. The Morgan fingerprint density at radius 2 is 1.78 bits per heavy atom. The van der Waals surface area contributed by atoms with Gasteiger partial charge >= 0.3 is 5.97 Å². The topological polar surface area (TPSA) is 96.4 Å². The van der Waals surface area contributed by atoms with Crippen LogP contribution in [-0.4, -0.2) is 52.5 Å². The van der Waals surface area contributed by atoms with Gasteiger partial charge in [-0.2, -0.15) is 0 Å². The Kier molecular flexibility index (Phi) is 6.01. The van der Waals surface area contributed by atoms with Crippen LogP contribution in [0.4, 0.5) is 0 Å². The highest BCUT2D eigenvalue weighted by Crippen LogP contribution is 2.83. The van der Waals surface area contributed by atoms with Gasteiger partial charge in [-0.1, -0.05) is 41.5 Å². The largest absolute Gasteiger partial charge is 0.466 e. The summed E-state index contributed by atoms with van der Waals surface area (Å²) in [6.07, 6.45) is 7.04. The molecule has 1 heterocycles. The molecule has 37 heavy (non-hydrogen) atoms. The molecule has 10 atom stereocenters. The molecule has 5 fully saturated rings. The van der Waals surface area contributed by atoms with Crippen LogP contribution in [0, 0.1) is 39.4 Å². The number of epoxide rings is 1. The van der Waals surface area contributed by atoms with Crippen molar-refractivity contribution in [1.29, 1.82) is 0 Å². The summed E-state index contributed by atoms with van der Waals surface area (Å²) in [4.78, 5) is 25.8. The number of hydrogen-bond donors (Lipinski definition) is 2. The van der Waals surface area contributed by atoms with Crippen molar-refractivity contribution in [3.8, 4) is 0 Å². The predicted octanol–water partition coefficient (Wildman–Crippen LogP) is 4.99. The Hall–Kier alpha value is -1.24. The van der Waals surface area contributed by atoms with Crippen LogP contribution in [0.2, 0.25) is 0 Å². The van der Waals surface area contributed by atoms with E-state index in [0.717, 1.165) is 38.5 Å². The number of methoxy groups -OCH3 is 1. The van der Waals surface area contributed by atoms with E-state index in [1.165, 1.54) is 7.11 Å². The molecular weight excluding hydrogens is 468 g/mol. The summed E-state index contributed by atoms with van der Waals surface area (Å²) in [7, 11) is 1.34. The van der Waals surface area contributed by atoms with Crippen LogP contribution in [0.1, 0.15) is 99.8 Å². The smallest absolute Gasteiger partial charge is 0.333 e. The maximum Gasteiger partial charge on any atom is 0.333 e. The first-order valence-electron chi connectivity index (χ1n) is 14.4. The van der Waals surface area contributed by atoms with E-state index in [9.17, 15) is 19.8 Å². The van der Waals surface area contributed by atoms with Crippen LogP contribution in [0.15, 0.2) is 11.6 Å². The first-order chi connectivity index (χ1) is 17.1. The number of aliphatic hydroxyl groups excluding tert-OH is 2. The number of aliphatic hydroxyl groups is 2. The first kappa shape index (κ1) is 27.3. The summed E-state index contributed by atoms with van der Waals surface area (Å²) in [6.45, 7) is 15.2. The van der Waals surface area contributed by atoms with Gasteiger partial charge in [-0.15, -0.1) is 0 Å². The Morgan fingerprint density at radius 3 is 2.43 bits per heavy atom. The van der Waals surface area contributed by atoms with Crippen LogP contribution in [0.25, 0.3) is 0 Å². The van der Waals surface area contributed by atoms with Gasteiger partial charge in [0.15, 0.2) is 0 Å². The lowest BCUT2D eigenvalue weighted by Crippen LogP contribution is -2.64. The number of ether oxygens (including phenoxy) is 2. The summed E-state index contributed by atoms with van der Waals surface area (Å²) in [5.41, 5.74) is -0.932. The third kappa shape index (κ3) is 3.21. The lowest BCUT2D eigenvalue weighted by Gasteiger charge is -2.62. The van der Waals surface area contributed by atoms with Gasteiger partial charge in [0.25, 0.3) is 0 Å². The fraction of sp³-hybridized carbons (Fsp3) is 0.871. The highest BCUT2D eigenvalue weighted by molar-refractivity contribution is 5.88. The number of hydrogen-bond acceptors (Lipinski definition) is 6. The molecule has 2 N–H and O–H groups in total. The molecular formula is C31H48O6. The molecule has 6 nitrogen and oxygen atoms in total. The summed E-state index contributed by atoms with van der Waals surface area (Å²) >= 11 is 0. The van der Waals surface area contributed by atoms with Crippen molar-refractivity contribution in [3.05, 3.63) is 11.6 Å². The summed E-state index contributed by atoms with van der Waals surface area (Å²) in [6, 6.07) is 0. The molecule has 0 aromatic carbocycles. The Bertz CT molecular complexity index is 1030. The van der Waals surface area contributed by atoms with Gasteiger partial charge in [-0.3, -0.25) is 4.79 Å². The average molecular weight is 517 g/mol. The third-order valence-electron chi connectivity index (χ3n) is 13.1. The zero-order valence-corrected chi connectivity index (χ0v) is 24.1. The van der Waals surface area contributed by atoms with Crippen molar-refractivity contribution >= 4 is 11.8 Å². The molecule has 0 spiro atoms. The standard InChI is InChI=1S/C31H48O6/c1-18(25(35)36-8)15-20(32)16-19(2)29(7)17-21(33)24-28(29,6)13-14-31-27(5)11-10-23(34)26(3,4)22(27)9-12-30(24,31)37-31/h15,19-20,22-24,32,34H,9-14,16-17H2,1-8H3/b18-15+/t19-,20+,22+,23-,24-,27+,28-,29+,30+,31+/m1/s1. The van der Waals surface area contributed by atoms with Crippen LogP contribution < -0.4 is 0 Å². The van der Waals surface area contributed by atoms with Crippen molar-refractivity contribution in [2.45, 2.75) is 123 Å². The number of rotatable bonds is 5. The molecule has 208 valence electrons. The fourth-order valence-corrected chi connectivity index (χ4v) is 10.6. The highest BCUT2D eigenvalue weighted by Gasteiger charge is 2.89. The summed E-state index contributed by atoms with van der Waals surface area (Å²) in [5.74, 6) is 0.230. The maximum absolute atomic E-state index is 14.0. The Labute approximate surface area is 222 Å². The molecule has 0 radical (unpaired) electrons. The average Bonchev–Trinajstić information content (AvgIpc) is 3.46. The molecule has 1 aliphatic heterocycles. The van der Waals surface area contributed by atoms with Crippen molar-refractivity contribution in [1.82, 2.24) is 0 Å². The zero-order valence-electron chi connectivity index (χ0n) is 24.1. The minimum Gasteiger partial charge on any atom is -0.466 e. The van der Waals surface area contributed by atoms with Gasteiger partial charge in [-0.05, 0) is 86.0 Å². The molecule has 0 amide bonds. The lowest BCUT2D eigenvalue weighted by atomic mass is 9.40. The summed E-state index contributed by atoms with van der Waals surface area (Å²) in [5, 5.41) is 21.7. The normalized spacial score (nSPS) is 49.7. The van der Waals surface area contributed by atoms with E-state index in [1.807, 2.05) is 0 Å². The second-order valence-electron chi connectivity index (χ2n) is 14.7. The molecule has 4 saturated carbocycles. The van der Waals surface area contributed by atoms with Crippen LogP contribution in [-0.2, 0) is 19.1 Å². The van der Waals surface area contributed by atoms with Gasteiger partial charge in [-0.25, -0.2) is 4.79 Å². The first-order valence-corrected chi connectivity index (χ1v) is 14.4. The van der Waals surface area contributed by atoms with Crippen molar-refractivity contribution < 1.29 is 29.3 Å². The second-order valence-corrected chi connectivity index (χ2v) is 14.7. The third-order valence-corrected chi connectivity index (χ3v) is 13.1. The van der Waals surface area contributed by atoms with Crippen LogP contribution in [0.5, 0.6) is 0 Å². The summed E-state index contributed by atoms with van der Waals surface area (Å²) < 4.78 is 11.8. The van der Waals surface area contributed by atoms with Gasteiger partial charge in [0, 0.05) is 17.4 Å². The van der Waals surface area contributed by atoms with E-state index in [0.29, 0.717) is 30.1 Å². The van der Waals surface area contributed by atoms with E-state index >= 15 is 0 Å². The minimum atomic E-state index is -0.771. The maximum atomic E-state index is 14.0. The molecule has 5 aliphatic rings. The van der Waals surface area contributed by atoms with Crippen molar-refractivity contribution in [2.75, 3.05) is 7.11 Å². The number of carbonyl (C=O) groups excluding carboxylic acids is 2. The zero-order chi connectivity index (χ0) is 27.4. The van der Waals surface area contributed by atoms with Crippen molar-refractivity contribution in [3.63, 3.8) is 0 Å². The molecule has 0 unspecified atom stereocenters. The van der Waals surface area contributed by atoms with Gasteiger partial charge in [0.05, 0.1) is 25.2 Å². The molecule has 0 aromatic heterocycles. The lowest BCUT2D eigenvalue weighted by molar-refractivity contribution is -0.153. The molecule has 0 bridgehead atoms. The van der Waals surface area contributed by atoms with Gasteiger partial charge < -0.3 is 19.7 Å². The SMILES string of the molecule is COC(=O)/C(C)=C/[C@H](O)C[C@@H](C)[C@]1(C)CC(=O)[C@H]2[C@@]34CC[C@H]5C(C)(C)[C@H](O)CC[C@]5(C)[C@]3(CC[C@]21C)O4. The van der Waals surface area contributed by atoms with Crippen LogP contribution in [0.3, 0.4) is 0 Å². The number of carbonyl (C=O) groups is 2. The molecule has 6 heteroatoms. The molecule has 1 saturated heterocycles. The molecule has 4 aliphatic carbocycles. The fourth-order valence-electron chi connectivity index (χ4n) is 10.6. The number of fused-ring (bicyclic) bond motifs is 2. The monoisotopic (exact) mass is 516 g/mol. The van der Waals surface area contributed by atoms with E-state index in [4.69, 9.17) is 9.47 Å². The molecule has 5 rings (SSSR count). The van der Waals surface area contributed by atoms with Crippen LogP contribution >= 0.6 is 0 Å². The number of Topliss-reactive ketones (excluding diaryl/α,β-unsaturated/α-hetero) is 1. The van der Waals surface area contributed by atoms with E-state index < -0.39 is 17.7 Å². The van der Waals surface area contributed by atoms with Gasteiger partial charge in [0.2, 0.25) is 0 Å². The Morgan fingerprint density at radius 1 is 1.11 bits per heavy atom. The van der Waals surface area contributed by atoms with E-state index in [2.05, 4.69) is 41.5 Å². The minimum absolute atomic E-state index is 0.0351. The predicted molar refractivity (Wildman–Crippen MR) is 141 cm³/mol.